The smallest absolute Gasteiger partial charge is 0.343 e. The van der Waals surface area contributed by atoms with Crippen LogP contribution in [-0.2, 0) is 14.9 Å². The minimum atomic E-state index is -4.28. The number of ether oxygens (including phenoxy) is 1. The van der Waals surface area contributed by atoms with Crippen LogP contribution in [0.15, 0.2) is 70.1 Å². The first-order valence-corrected chi connectivity index (χ1v) is 11.6. The number of methoxy groups -OCH3 is 1. The Morgan fingerprint density at radius 3 is 2.70 bits per heavy atom. The van der Waals surface area contributed by atoms with Crippen molar-refractivity contribution in [2.75, 3.05) is 18.6 Å². The van der Waals surface area contributed by atoms with Crippen LogP contribution in [0.4, 0.5) is 5.69 Å². The number of fused-ring (bicyclic) bond motifs is 1. The van der Waals surface area contributed by atoms with Crippen LogP contribution in [0.25, 0.3) is 22.7 Å². The lowest BCUT2D eigenvalue weighted by molar-refractivity contribution is -0.117. The molecule has 0 bridgehead atoms. The van der Waals surface area contributed by atoms with E-state index < -0.39 is 10.1 Å². The molecule has 9 nitrogen and oxygen atoms in total. The van der Waals surface area contributed by atoms with Crippen LogP contribution in [0.2, 0.25) is 0 Å². The molecule has 2 aromatic heterocycles. The Bertz CT molecular complexity index is 1450. The number of carbonyl (C=O) groups is 1. The van der Waals surface area contributed by atoms with Crippen molar-refractivity contribution in [3.8, 4) is 23.1 Å². The zero-order valence-corrected chi connectivity index (χ0v) is 18.4. The molecule has 1 saturated heterocycles. The van der Waals surface area contributed by atoms with E-state index in [0.29, 0.717) is 41.3 Å². The lowest BCUT2D eigenvalue weighted by atomic mass is 10.3. The van der Waals surface area contributed by atoms with Gasteiger partial charge in [-0.3, -0.25) is 9.78 Å². The number of aromatic nitrogens is 2. The van der Waals surface area contributed by atoms with Crippen LogP contribution in [0.1, 0.15) is 12.8 Å². The largest absolute Gasteiger partial charge is 0.495 e. The molecule has 5 rings (SSSR count). The fourth-order valence-corrected chi connectivity index (χ4v) is 4.79. The summed E-state index contributed by atoms with van der Waals surface area (Å²) in [6.07, 6.45) is 2.78. The second-order valence-electron chi connectivity index (χ2n) is 7.39. The number of carbonyl (C=O) groups excluding carboxylic acids is 1. The fourth-order valence-electron chi connectivity index (χ4n) is 3.68. The van der Waals surface area contributed by atoms with E-state index in [4.69, 9.17) is 13.3 Å². The van der Waals surface area contributed by atoms with Crippen LogP contribution in [0.5, 0.6) is 11.5 Å². The topological polar surface area (TPSA) is 112 Å². The van der Waals surface area contributed by atoms with Gasteiger partial charge in [0.2, 0.25) is 11.8 Å². The number of nitrogens with zero attached hydrogens (tertiary/aromatic N) is 3. The van der Waals surface area contributed by atoms with Gasteiger partial charge in [0.05, 0.1) is 7.11 Å². The molecule has 1 aliphatic rings. The lowest BCUT2D eigenvalue weighted by Crippen LogP contribution is -2.24. The van der Waals surface area contributed by atoms with Gasteiger partial charge in [0.15, 0.2) is 5.58 Å². The van der Waals surface area contributed by atoms with Crippen molar-refractivity contribution in [3.05, 3.63) is 60.8 Å². The van der Waals surface area contributed by atoms with Crippen molar-refractivity contribution in [3.63, 3.8) is 0 Å². The quantitative estimate of drug-likeness (QED) is 0.395. The van der Waals surface area contributed by atoms with Gasteiger partial charge in [0.1, 0.15) is 27.6 Å². The number of hydrogen-bond acceptors (Lipinski definition) is 8. The van der Waals surface area contributed by atoms with Gasteiger partial charge in [-0.25, -0.2) is 4.98 Å². The highest BCUT2D eigenvalue weighted by Crippen LogP contribution is 2.33. The van der Waals surface area contributed by atoms with Crippen molar-refractivity contribution in [2.24, 2.45) is 0 Å². The molecule has 0 saturated carbocycles. The molecule has 168 valence electrons. The van der Waals surface area contributed by atoms with Gasteiger partial charge >= 0.3 is 10.1 Å². The van der Waals surface area contributed by atoms with Crippen LogP contribution < -0.4 is 13.8 Å². The van der Waals surface area contributed by atoms with Crippen molar-refractivity contribution in [2.45, 2.75) is 17.7 Å². The molecular formula is C23H19N3O6S. The summed E-state index contributed by atoms with van der Waals surface area (Å²) < 4.78 is 42.6. The molecule has 2 aromatic carbocycles. The zero-order chi connectivity index (χ0) is 23.0. The first kappa shape index (κ1) is 21.0. The number of anilines is 1. The van der Waals surface area contributed by atoms with Crippen LogP contribution in [-0.4, -0.2) is 37.9 Å². The Hall–Kier alpha value is -3.92. The second kappa shape index (κ2) is 8.21. The zero-order valence-electron chi connectivity index (χ0n) is 17.6. The normalized spacial score (nSPS) is 14.1. The molecule has 0 unspecified atom stereocenters. The third-order valence-electron chi connectivity index (χ3n) is 5.25. The van der Waals surface area contributed by atoms with Gasteiger partial charge in [-0.05, 0) is 48.9 Å². The SMILES string of the molecule is COc1ccc(N2CCCC2=O)cc1S(=O)(=O)Oc1ccc2nc(-c3ccccn3)oc2c1. The number of hydrogen-bond donors (Lipinski definition) is 0. The molecule has 3 heterocycles. The summed E-state index contributed by atoms with van der Waals surface area (Å²) in [6.45, 7) is 0.534. The Balaban J connectivity index is 1.47. The number of rotatable bonds is 6. The molecule has 1 fully saturated rings. The average molecular weight is 465 g/mol. The molecule has 0 aliphatic carbocycles. The number of benzene rings is 2. The molecule has 1 amide bonds. The highest BCUT2D eigenvalue weighted by Gasteiger charge is 2.27. The minimum Gasteiger partial charge on any atom is -0.495 e. The Morgan fingerprint density at radius 2 is 1.97 bits per heavy atom. The summed E-state index contributed by atoms with van der Waals surface area (Å²) in [4.78, 5) is 22.1. The third-order valence-corrected chi connectivity index (χ3v) is 6.52. The number of oxazole rings is 1. The van der Waals surface area contributed by atoms with Gasteiger partial charge in [0.25, 0.3) is 0 Å². The van der Waals surface area contributed by atoms with E-state index in [-0.39, 0.29) is 22.3 Å². The Morgan fingerprint density at radius 1 is 1.09 bits per heavy atom. The third kappa shape index (κ3) is 4.00. The Kier molecular flexibility index (Phi) is 5.21. The number of pyridine rings is 1. The molecule has 0 radical (unpaired) electrons. The maximum absolute atomic E-state index is 13.1. The standard InChI is InChI=1S/C23H19N3O6S/c1-30-19-10-7-15(26-12-4-6-22(26)27)13-21(19)33(28,29)32-16-8-9-17-20(14-16)31-23(25-17)18-5-2-3-11-24-18/h2-3,5,7-11,13-14H,4,6,12H2,1H3. The average Bonchev–Trinajstić information content (AvgIpc) is 3.45. The van der Waals surface area contributed by atoms with Crippen LogP contribution in [0.3, 0.4) is 0 Å². The maximum atomic E-state index is 13.1. The molecule has 0 N–H and O–H groups in total. The van der Waals surface area contributed by atoms with Gasteiger partial charge in [0, 0.05) is 30.9 Å². The molecule has 0 atom stereocenters. The molecule has 0 spiro atoms. The monoisotopic (exact) mass is 465 g/mol. The van der Waals surface area contributed by atoms with Crippen molar-refractivity contribution in [1.82, 2.24) is 9.97 Å². The Labute approximate surface area is 189 Å². The van der Waals surface area contributed by atoms with E-state index in [9.17, 15) is 13.2 Å². The summed E-state index contributed by atoms with van der Waals surface area (Å²) in [6, 6.07) is 14.5. The summed E-state index contributed by atoms with van der Waals surface area (Å²) in [5.74, 6) is 0.429. The van der Waals surface area contributed by atoms with Crippen molar-refractivity contribution >= 4 is 32.8 Å². The number of amides is 1. The minimum absolute atomic E-state index is 0.0518. The first-order valence-electron chi connectivity index (χ1n) is 10.2. The van der Waals surface area contributed by atoms with Gasteiger partial charge in [-0.15, -0.1) is 0 Å². The second-order valence-corrected chi connectivity index (χ2v) is 8.90. The van der Waals surface area contributed by atoms with E-state index in [2.05, 4.69) is 9.97 Å². The van der Waals surface area contributed by atoms with Crippen LogP contribution >= 0.6 is 0 Å². The molecule has 1 aliphatic heterocycles. The molecule has 33 heavy (non-hydrogen) atoms. The first-order chi connectivity index (χ1) is 15.9. The van der Waals surface area contributed by atoms with Crippen LogP contribution in [0, 0.1) is 0 Å². The van der Waals surface area contributed by atoms with Crippen molar-refractivity contribution < 1.29 is 26.5 Å². The van der Waals surface area contributed by atoms with E-state index >= 15 is 0 Å². The molecule has 4 aromatic rings. The van der Waals surface area contributed by atoms with Gasteiger partial charge in [-0.2, -0.15) is 8.42 Å². The summed E-state index contributed by atoms with van der Waals surface area (Å²) in [7, 11) is -2.91. The molecule has 10 heteroatoms. The predicted octanol–water partition coefficient (Wildman–Crippen LogP) is 3.79. The van der Waals surface area contributed by atoms with Gasteiger partial charge in [-0.1, -0.05) is 6.07 Å². The highest BCUT2D eigenvalue weighted by atomic mass is 32.2. The molecular weight excluding hydrogens is 446 g/mol. The maximum Gasteiger partial charge on any atom is 0.343 e. The highest BCUT2D eigenvalue weighted by molar-refractivity contribution is 7.87. The predicted molar refractivity (Wildman–Crippen MR) is 120 cm³/mol. The van der Waals surface area contributed by atoms with E-state index in [1.54, 1.807) is 35.4 Å². The summed E-state index contributed by atoms with van der Waals surface area (Å²) in [5.41, 5.74) is 1.92. The van der Waals surface area contributed by atoms with E-state index in [1.807, 2.05) is 6.07 Å². The van der Waals surface area contributed by atoms with E-state index in [0.717, 1.165) is 6.42 Å². The fraction of sp³-hybridized carbons (Fsp3) is 0.174. The van der Waals surface area contributed by atoms with Crippen molar-refractivity contribution in [1.29, 1.82) is 0 Å². The van der Waals surface area contributed by atoms with Gasteiger partial charge < -0.3 is 18.2 Å². The summed E-state index contributed by atoms with van der Waals surface area (Å²) >= 11 is 0. The lowest BCUT2D eigenvalue weighted by Gasteiger charge is -2.18. The summed E-state index contributed by atoms with van der Waals surface area (Å²) in [5, 5.41) is 0. The van der Waals surface area contributed by atoms with E-state index in [1.165, 1.54) is 31.4 Å².